The van der Waals surface area contributed by atoms with Crippen molar-refractivity contribution in [2.45, 2.75) is 88.4 Å². The van der Waals surface area contributed by atoms with Crippen LogP contribution in [0.15, 0.2) is 87.9 Å². The lowest BCUT2D eigenvalue weighted by Crippen LogP contribution is -2.57. The van der Waals surface area contributed by atoms with E-state index in [9.17, 15) is 30.0 Å². The summed E-state index contributed by atoms with van der Waals surface area (Å²) < 4.78 is 20.3. The number of aliphatic hydroxyl groups excluding tert-OH is 2. The molecule has 2 aliphatic heterocycles. The fourth-order valence-electron chi connectivity index (χ4n) is 9.57. The van der Waals surface area contributed by atoms with E-state index in [1.165, 1.54) is 18.3 Å². The predicted octanol–water partition coefficient (Wildman–Crippen LogP) is 5.72. The lowest BCUT2D eigenvalue weighted by Gasteiger charge is -2.48. The molecule has 0 radical (unpaired) electrons. The van der Waals surface area contributed by atoms with Gasteiger partial charge in [0.25, 0.3) is 0 Å². The number of nitrogen functional groups attached to an aromatic ring is 2. The number of phenols is 2. The van der Waals surface area contributed by atoms with Gasteiger partial charge in [-0.1, -0.05) is 43.0 Å². The molecule has 1 aliphatic carbocycles. The first-order valence-electron chi connectivity index (χ1n) is 20.2. The second kappa shape index (κ2) is 16.0. The number of ether oxygens (including phenoxy) is 2. The number of hydrogen-bond donors (Lipinski definition) is 6. The quantitative estimate of drug-likeness (QED) is 0.0596. The first kappa shape index (κ1) is 40.4. The first-order chi connectivity index (χ1) is 28.9. The smallest absolute Gasteiger partial charge is 0.334 e. The van der Waals surface area contributed by atoms with E-state index in [2.05, 4.69) is 21.8 Å². The normalized spacial score (nSPS) is 24.0. The van der Waals surface area contributed by atoms with Crippen molar-refractivity contribution in [3.8, 4) is 29.1 Å². The number of carbonyl (C=O) groups is 1. The van der Waals surface area contributed by atoms with E-state index in [4.69, 9.17) is 25.4 Å². The summed E-state index contributed by atoms with van der Waals surface area (Å²) >= 11 is 0. The molecular weight excluding hydrogens is 765 g/mol. The number of aliphatic hydroxyl groups is 2. The molecule has 0 saturated heterocycles. The van der Waals surface area contributed by atoms with Crippen LogP contribution in [-0.2, 0) is 34.4 Å². The van der Waals surface area contributed by atoms with Gasteiger partial charge in [-0.25, -0.2) is 14.8 Å². The van der Waals surface area contributed by atoms with E-state index in [-0.39, 0.29) is 63.9 Å². The molecule has 60 heavy (non-hydrogen) atoms. The van der Waals surface area contributed by atoms with Gasteiger partial charge >= 0.3 is 5.97 Å². The van der Waals surface area contributed by atoms with Gasteiger partial charge < -0.3 is 45.8 Å². The number of benzene rings is 2. The largest absolute Gasteiger partial charge is 0.508 e. The molecule has 0 spiro atoms. The minimum atomic E-state index is -1.60. The van der Waals surface area contributed by atoms with Gasteiger partial charge in [0.15, 0.2) is 5.43 Å². The van der Waals surface area contributed by atoms with E-state index in [0.29, 0.717) is 28.9 Å². The molecule has 3 aliphatic rings. The Morgan fingerprint density at radius 3 is 2.53 bits per heavy atom. The number of aromatic hydroxyl groups is 2. The van der Waals surface area contributed by atoms with Gasteiger partial charge in [0.05, 0.1) is 12.0 Å². The molecule has 5 heterocycles. The molecular formula is C47H48N4O9. The summed E-state index contributed by atoms with van der Waals surface area (Å²) in [6, 6.07) is 14.4. The Bertz CT molecular complexity index is 2620. The van der Waals surface area contributed by atoms with Crippen LogP contribution in [0.1, 0.15) is 85.4 Å². The zero-order valence-electron chi connectivity index (χ0n) is 33.5. The second-order valence-electron chi connectivity index (χ2n) is 16.2. The van der Waals surface area contributed by atoms with Gasteiger partial charge in [-0.3, -0.25) is 4.79 Å². The molecule has 3 aromatic heterocycles. The van der Waals surface area contributed by atoms with Gasteiger partial charge in [0, 0.05) is 59.8 Å². The number of esters is 1. The van der Waals surface area contributed by atoms with Gasteiger partial charge in [-0.15, -0.1) is 5.92 Å². The van der Waals surface area contributed by atoms with Crippen LogP contribution in [0.5, 0.6) is 17.2 Å². The summed E-state index contributed by atoms with van der Waals surface area (Å²) in [7, 11) is 0. The van der Waals surface area contributed by atoms with Gasteiger partial charge in [0.2, 0.25) is 0 Å². The number of rotatable bonds is 9. The molecule has 8 rings (SSSR count). The highest BCUT2D eigenvalue weighted by Gasteiger charge is 2.54. The molecule has 5 unspecified atom stereocenters. The van der Waals surface area contributed by atoms with E-state index in [1.54, 1.807) is 36.5 Å². The number of carbonyl (C=O) groups excluding carboxylic acids is 1. The third-order valence-corrected chi connectivity index (χ3v) is 12.7. The van der Waals surface area contributed by atoms with E-state index in [1.807, 2.05) is 26.0 Å². The average molecular weight is 813 g/mol. The Morgan fingerprint density at radius 2 is 1.85 bits per heavy atom. The summed E-state index contributed by atoms with van der Waals surface area (Å²) in [5.74, 6) is 4.79. The van der Waals surface area contributed by atoms with Crippen molar-refractivity contribution in [2.24, 2.45) is 11.8 Å². The number of nitrogens with zero attached hydrogens (tertiary/aromatic N) is 2. The molecule has 5 atom stereocenters. The minimum absolute atomic E-state index is 0.0468. The monoisotopic (exact) mass is 812 g/mol. The number of phenolic OH excluding ortho intramolecular Hbond substituents is 2. The number of aromatic nitrogens is 2. The number of pyridine rings is 2. The molecule has 1 saturated carbocycles. The molecule has 13 heteroatoms. The third kappa shape index (κ3) is 6.99. The van der Waals surface area contributed by atoms with Crippen molar-refractivity contribution in [3.63, 3.8) is 0 Å². The molecule has 13 nitrogen and oxygen atoms in total. The number of nitrogens with two attached hydrogens (primary N) is 2. The molecule has 2 aromatic carbocycles. The maximum Gasteiger partial charge on any atom is 0.334 e. The fourth-order valence-corrected chi connectivity index (χ4v) is 9.57. The summed E-state index contributed by atoms with van der Waals surface area (Å²) in [5.41, 5.74) is 11.3. The fraction of sp³-hybridized carbons (Fsp3) is 0.362. The second-order valence-corrected chi connectivity index (χ2v) is 16.2. The van der Waals surface area contributed by atoms with Crippen LogP contribution < -0.4 is 21.6 Å². The molecule has 2 bridgehead atoms. The van der Waals surface area contributed by atoms with Crippen molar-refractivity contribution >= 4 is 28.6 Å². The van der Waals surface area contributed by atoms with Crippen LogP contribution in [0.25, 0.3) is 11.0 Å². The van der Waals surface area contributed by atoms with Crippen LogP contribution in [0, 0.1) is 23.7 Å². The SMILES string of the molecule is CC=C(C(=O)OC1Cc2c3c(c4oc(CO)cc(=O)c4c2O)C(c2ccnc(N)c2)C(CO)(c2cccc(O)c2)C#CCC(Cc2ccc(N)nc2)C1(C)O3)C1CCCC1. The zero-order valence-corrected chi connectivity index (χ0v) is 33.5. The van der Waals surface area contributed by atoms with Gasteiger partial charge in [-0.2, -0.15) is 0 Å². The lowest BCUT2D eigenvalue weighted by molar-refractivity contribution is -0.165. The lowest BCUT2D eigenvalue weighted by atomic mass is 9.63. The molecule has 5 aromatic rings. The minimum Gasteiger partial charge on any atom is -0.508 e. The number of anilines is 2. The standard InChI is InChI=1S/C47H48N4O9/c1-3-33(27-8-4-5-9-27)45(57)59-36-22-34-42(56)39-35(55)21-32(24-52)58-44(39)40-41(28-15-17-50-38(49)19-28)47(25-53,30-10-6-12-31(54)20-30)16-7-11-29(46(36,2)60-43(34)40)18-26-13-14-37(48)51-23-26/h3,6,10,12-15,17,19-21,23,27,29,36,41,52-54,56H,4-5,8-9,11,18,22,24-25H2,1-2H3,(H2,48,51)(H2,49,50). The van der Waals surface area contributed by atoms with E-state index >= 15 is 0 Å². The van der Waals surface area contributed by atoms with Crippen molar-refractivity contribution in [3.05, 3.63) is 122 Å². The molecule has 0 amide bonds. The van der Waals surface area contributed by atoms with E-state index < -0.39 is 59.3 Å². The summed E-state index contributed by atoms with van der Waals surface area (Å²) in [4.78, 5) is 37.0. The van der Waals surface area contributed by atoms with Gasteiger partial charge in [0.1, 0.15) is 63.9 Å². The number of hydrogen-bond acceptors (Lipinski definition) is 13. The Balaban J connectivity index is 1.47. The predicted molar refractivity (Wildman–Crippen MR) is 224 cm³/mol. The molecule has 1 fully saturated rings. The van der Waals surface area contributed by atoms with Crippen molar-refractivity contribution < 1.29 is 39.1 Å². The average Bonchev–Trinajstić information content (AvgIpc) is 3.77. The van der Waals surface area contributed by atoms with Crippen molar-refractivity contribution in [2.75, 3.05) is 18.1 Å². The summed E-state index contributed by atoms with van der Waals surface area (Å²) in [6.45, 7) is 2.43. The van der Waals surface area contributed by atoms with Crippen LogP contribution in [0.4, 0.5) is 11.6 Å². The zero-order chi connectivity index (χ0) is 42.3. The topological polar surface area (TPSA) is 224 Å². The number of fused-ring (bicyclic) bond motifs is 3. The summed E-state index contributed by atoms with van der Waals surface area (Å²) in [5, 5.41) is 45.2. The Hall–Kier alpha value is -6.36. The van der Waals surface area contributed by atoms with Crippen LogP contribution in [0.3, 0.4) is 0 Å². The molecule has 8 N–H and O–H groups in total. The highest BCUT2D eigenvalue weighted by molar-refractivity contribution is 5.92. The van der Waals surface area contributed by atoms with E-state index in [0.717, 1.165) is 37.3 Å². The highest BCUT2D eigenvalue weighted by atomic mass is 16.6. The van der Waals surface area contributed by atoms with Crippen LogP contribution in [-0.4, -0.2) is 54.7 Å². The highest BCUT2D eigenvalue weighted by Crippen LogP contribution is 2.56. The maximum absolute atomic E-state index is 14.3. The Morgan fingerprint density at radius 1 is 1.05 bits per heavy atom. The third-order valence-electron chi connectivity index (χ3n) is 12.7. The van der Waals surface area contributed by atoms with Crippen molar-refractivity contribution in [1.29, 1.82) is 0 Å². The maximum atomic E-state index is 14.3. The first-order valence-corrected chi connectivity index (χ1v) is 20.2. The number of allylic oxidation sites excluding steroid dienone is 1. The Kier molecular flexibility index (Phi) is 10.8. The van der Waals surface area contributed by atoms with Gasteiger partial charge in [-0.05, 0) is 86.1 Å². The van der Waals surface area contributed by atoms with Crippen LogP contribution >= 0.6 is 0 Å². The summed E-state index contributed by atoms with van der Waals surface area (Å²) in [6.07, 6.45) is 8.15. The molecule has 310 valence electrons. The van der Waals surface area contributed by atoms with Crippen LogP contribution in [0.2, 0.25) is 0 Å². The van der Waals surface area contributed by atoms with Crippen molar-refractivity contribution in [1.82, 2.24) is 9.97 Å². The Labute approximate surface area is 346 Å².